The zero-order chi connectivity index (χ0) is 19.7. The number of likely N-dealkylation sites (tertiary alicyclic amines) is 1. The molecule has 2 aromatic rings. The van der Waals surface area contributed by atoms with E-state index < -0.39 is 0 Å². The lowest BCUT2D eigenvalue weighted by Crippen LogP contribution is -2.50. The first kappa shape index (κ1) is 18.2. The van der Waals surface area contributed by atoms with Gasteiger partial charge in [0.2, 0.25) is 0 Å². The van der Waals surface area contributed by atoms with Gasteiger partial charge in [-0.05, 0) is 31.0 Å². The van der Waals surface area contributed by atoms with Crippen molar-refractivity contribution in [2.75, 3.05) is 25.1 Å². The maximum atomic E-state index is 12.9. The highest BCUT2D eigenvalue weighted by atomic mass is 16.6. The van der Waals surface area contributed by atoms with E-state index >= 15 is 0 Å². The molecule has 2 amide bonds. The number of aromatic hydroxyl groups is 1. The van der Waals surface area contributed by atoms with Crippen LogP contribution < -0.4 is 9.64 Å². The van der Waals surface area contributed by atoms with Gasteiger partial charge in [0.15, 0.2) is 0 Å². The number of para-hydroxylation sites is 1. The van der Waals surface area contributed by atoms with Crippen LogP contribution in [0.2, 0.25) is 0 Å². The number of rotatable bonds is 3. The van der Waals surface area contributed by atoms with Crippen LogP contribution in [-0.2, 0) is 11.3 Å². The number of methoxy groups -OCH3 is 1. The molecule has 0 unspecified atom stereocenters. The third kappa shape index (κ3) is 3.24. The Morgan fingerprint density at radius 2 is 1.93 bits per heavy atom. The zero-order valence-electron chi connectivity index (χ0n) is 15.6. The summed E-state index contributed by atoms with van der Waals surface area (Å²) in [5.41, 5.74) is 2.31. The van der Waals surface area contributed by atoms with Gasteiger partial charge >= 0.3 is 6.09 Å². The maximum absolute atomic E-state index is 12.9. The summed E-state index contributed by atoms with van der Waals surface area (Å²) in [6, 6.07) is 12.2. The Morgan fingerprint density at radius 1 is 1.18 bits per heavy atom. The van der Waals surface area contributed by atoms with E-state index in [1.54, 1.807) is 15.9 Å². The Kier molecular flexibility index (Phi) is 4.81. The molecule has 7 heteroatoms. The van der Waals surface area contributed by atoms with E-state index in [1.165, 1.54) is 19.2 Å². The van der Waals surface area contributed by atoms with Gasteiger partial charge in [-0.2, -0.15) is 0 Å². The van der Waals surface area contributed by atoms with Crippen LogP contribution in [0.3, 0.4) is 0 Å². The van der Waals surface area contributed by atoms with Gasteiger partial charge < -0.3 is 19.5 Å². The molecule has 2 aromatic carbocycles. The third-order valence-corrected chi connectivity index (χ3v) is 5.33. The van der Waals surface area contributed by atoms with Gasteiger partial charge in [0.25, 0.3) is 5.91 Å². The minimum atomic E-state index is -0.330. The molecule has 0 spiro atoms. The van der Waals surface area contributed by atoms with Gasteiger partial charge in [0.1, 0.15) is 18.1 Å². The van der Waals surface area contributed by atoms with Crippen LogP contribution in [0, 0.1) is 0 Å². The molecule has 0 bridgehead atoms. The number of nitrogens with zero attached hydrogens (tertiary/aromatic N) is 2. The number of phenols is 1. The summed E-state index contributed by atoms with van der Waals surface area (Å²) in [6.07, 6.45) is 0.995. The van der Waals surface area contributed by atoms with Gasteiger partial charge in [-0.15, -0.1) is 0 Å². The van der Waals surface area contributed by atoms with Crippen LogP contribution in [0.5, 0.6) is 11.5 Å². The molecular weight excluding hydrogens is 360 g/mol. The minimum absolute atomic E-state index is 0.0142. The number of phenolic OH excluding ortho intramolecular Hbond substituents is 1. The number of carbonyl (C=O) groups excluding carboxylic acids is 2. The monoisotopic (exact) mass is 382 g/mol. The summed E-state index contributed by atoms with van der Waals surface area (Å²) in [5.74, 6) is 0.256. The first-order valence-electron chi connectivity index (χ1n) is 9.28. The standard InChI is InChI=1S/C21H22N2O5/c1-27-19-12-16(24)6-7-17(19)20(25)22-10-8-15(9-11-22)23-18-5-3-2-4-14(18)13-28-21(23)26/h2-7,12,15,24H,8-11,13H2,1H3. The summed E-state index contributed by atoms with van der Waals surface area (Å²) in [6.45, 7) is 1.35. The number of amides is 2. The lowest BCUT2D eigenvalue weighted by Gasteiger charge is -2.40. The van der Waals surface area contributed by atoms with Gasteiger partial charge in [0.05, 0.1) is 18.4 Å². The Bertz CT molecular complexity index is 905. The number of benzene rings is 2. The van der Waals surface area contributed by atoms with Crippen molar-refractivity contribution in [1.82, 2.24) is 4.90 Å². The van der Waals surface area contributed by atoms with Gasteiger partial charge in [-0.25, -0.2) is 4.79 Å². The largest absolute Gasteiger partial charge is 0.508 e. The summed E-state index contributed by atoms with van der Waals surface area (Å²) >= 11 is 0. The normalized spacial score (nSPS) is 17.1. The molecule has 1 saturated heterocycles. The quantitative estimate of drug-likeness (QED) is 0.882. The number of anilines is 1. The van der Waals surface area contributed by atoms with E-state index in [0.717, 1.165) is 11.3 Å². The van der Waals surface area contributed by atoms with E-state index in [9.17, 15) is 14.7 Å². The van der Waals surface area contributed by atoms with Crippen LogP contribution in [0.15, 0.2) is 42.5 Å². The molecule has 0 aromatic heterocycles. The molecule has 146 valence electrons. The number of hydrogen-bond acceptors (Lipinski definition) is 5. The minimum Gasteiger partial charge on any atom is -0.508 e. The topological polar surface area (TPSA) is 79.3 Å². The van der Waals surface area contributed by atoms with Crippen molar-refractivity contribution in [1.29, 1.82) is 0 Å². The second-order valence-corrected chi connectivity index (χ2v) is 6.96. The first-order chi connectivity index (χ1) is 13.6. The molecule has 2 aliphatic rings. The molecule has 0 aliphatic carbocycles. The molecule has 0 saturated carbocycles. The second kappa shape index (κ2) is 7.42. The van der Waals surface area contributed by atoms with E-state index in [2.05, 4.69) is 0 Å². The van der Waals surface area contributed by atoms with Gasteiger partial charge in [-0.1, -0.05) is 18.2 Å². The zero-order valence-corrected chi connectivity index (χ0v) is 15.6. The Balaban J connectivity index is 1.48. The summed E-state index contributed by atoms with van der Waals surface area (Å²) in [7, 11) is 1.47. The van der Waals surface area contributed by atoms with Crippen molar-refractivity contribution in [3.63, 3.8) is 0 Å². The van der Waals surface area contributed by atoms with Crippen molar-refractivity contribution in [3.05, 3.63) is 53.6 Å². The van der Waals surface area contributed by atoms with Crippen LogP contribution in [-0.4, -0.2) is 48.2 Å². The number of carbonyl (C=O) groups is 2. The van der Waals surface area contributed by atoms with Crippen molar-refractivity contribution in [2.24, 2.45) is 0 Å². The lowest BCUT2D eigenvalue weighted by molar-refractivity contribution is 0.0705. The summed E-state index contributed by atoms with van der Waals surface area (Å²) < 4.78 is 10.6. The molecule has 2 aliphatic heterocycles. The fourth-order valence-electron chi connectivity index (χ4n) is 3.88. The molecule has 1 N–H and O–H groups in total. The fraction of sp³-hybridized carbons (Fsp3) is 0.333. The lowest BCUT2D eigenvalue weighted by atomic mass is 10.00. The van der Waals surface area contributed by atoms with Crippen molar-refractivity contribution >= 4 is 17.7 Å². The number of ether oxygens (including phenoxy) is 2. The van der Waals surface area contributed by atoms with Crippen LogP contribution in [0.25, 0.3) is 0 Å². The van der Waals surface area contributed by atoms with E-state index in [0.29, 0.717) is 43.9 Å². The van der Waals surface area contributed by atoms with E-state index in [4.69, 9.17) is 9.47 Å². The average Bonchev–Trinajstić information content (AvgIpc) is 2.73. The molecule has 0 atom stereocenters. The third-order valence-electron chi connectivity index (χ3n) is 5.33. The second-order valence-electron chi connectivity index (χ2n) is 6.96. The van der Waals surface area contributed by atoms with E-state index in [1.807, 2.05) is 24.3 Å². The van der Waals surface area contributed by atoms with E-state index in [-0.39, 0.29) is 23.8 Å². The van der Waals surface area contributed by atoms with Gasteiger partial charge in [0, 0.05) is 30.8 Å². The SMILES string of the molecule is COc1cc(O)ccc1C(=O)N1CCC(N2C(=O)OCc3ccccc32)CC1. The number of hydrogen-bond donors (Lipinski definition) is 1. The predicted molar refractivity (Wildman–Crippen MR) is 103 cm³/mol. The molecule has 7 nitrogen and oxygen atoms in total. The van der Waals surface area contributed by atoms with Crippen molar-refractivity contribution < 1.29 is 24.2 Å². The Hall–Kier alpha value is -3.22. The highest BCUT2D eigenvalue weighted by Crippen LogP contribution is 2.32. The molecular formula is C21H22N2O5. The molecule has 1 fully saturated rings. The van der Waals surface area contributed by atoms with Crippen LogP contribution in [0.1, 0.15) is 28.8 Å². The smallest absolute Gasteiger partial charge is 0.414 e. The highest BCUT2D eigenvalue weighted by Gasteiger charge is 2.35. The van der Waals surface area contributed by atoms with Crippen LogP contribution >= 0.6 is 0 Å². The fourth-order valence-corrected chi connectivity index (χ4v) is 3.88. The number of fused-ring (bicyclic) bond motifs is 1. The van der Waals surface area contributed by atoms with Crippen molar-refractivity contribution in [3.8, 4) is 11.5 Å². The molecule has 4 rings (SSSR count). The average molecular weight is 382 g/mol. The maximum Gasteiger partial charge on any atom is 0.414 e. The first-order valence-corrected chi connectivity index (χ1v) is 9.28. The van der Waals surface area contributed by atoms with Gasteiger partial charge in [-0.3, -0.25) is 9.69 Å². The number of piperidine rings is 1. The number of cyclic esters (lactones) is 1. The van der Waals surface area contributed by atoms with Crippen LogP contribution in [0.4, 0.5) is 10.5 Å². The molecule has 0 radical (unpaired) electrons. The summed E-state index contributed by atoms with van der Waals surface area (Å²) in [5, 5.41) is 9.59. The Labute approximate surface area is 163 Å². The summed E-state index contributed by atoms with van der Waals surface area (Å²) in [4.78, 5) is 28.8. The predicted octanol–water partition coefficient (Wildman–Crippen LogP) is 3.16. The molecule has 2 heterocycles. The van der Waals surface area contributed by atoms with Crippen molar-refractivity contribution in [2.45, 2.75) is 25.5 Å². The Morgan fingerprint density at radius 3 is 2.68 bits per heavy atom. The highest BCUT2D eigenvalue weighted by molar-refractivity contribution is 5.97. The molecule has 28 heavy (non-hydrogen) atoms.